The van der Waals surface area contributed by atoms with Gasteiger partial charge in [-0.3, -0.25) is 33.8 Å². The van der Waals surface area contributed by atoms with Gasteiger partial charge in [0, 0.05) is 105 Å². The molecule has 3 atom stereocenters. The Hall–Kier alpha value is -6.54. The second kappa shape index (κ2) is 25.7. The van der Waals surface area contributed by atoms with Crippen LogP contribution in [0.25, 0.3) is 32.5 Å². The molecule has 0 spiro atoms. The first kappa shape index (κ1) is 57.2. The lowest BCUT2D eigenvalue weighted by molar-refractivity contribution is -0.144. The van der Waals surface area contributed by atoms with Crippen molar-refractivity contribution in [2.75, 3.05) is 65.7 Å². The van der Waals surface area contributed by atoms with Gasteiger partial charge in [0.15, 0.2) is 0 Å². The zero-order valence-corrected chi connectivity index (χ0v) is 47.4. The summed E-state index contributed by atoms with van der Waals surface area (Å²) in [6.07, 6.45) is 6.02. The number of aromatic amines is 1. The monoisotopic (exact) mass is 1100 g/mol. The van der Waals surface area contributed by atoms with Crippen molar-refractivity contribution >= 4 is 45.9 Å². The maximum absolute atomic E-state index is 14.1. The number of rotatable bonds is 21. The molecule has 1 aliphatic carbocycles. The zero-order valence-electron chi connectivity index (χ0n) is 46.6. The minimum Gasteiger partial charge on any atom is -0.391 e. The van der Waals surface area contributed by atoms with E-state index in [4.69, 9.17) is 9.47 Å². The fraction of sp³-hybridized carbons (Fsp3) is 0.475. The lowest BCUT2D eigenvalue weighted by Gasteiger charge is -2.35. The SMILES string of the molecule is Cc1cc(C)c(CNC(=O)c2cc(-c3ccc(CN4CCN(CCOCCOCC(=O)NC(C(=O)N5C[C@H](O)C[C@H]5C(=O)NCc5ccc(-c6scnc6C)cc5)C(C)(C)C)CC4)cc3)cc3c2ccn3C2CCCC2)c(=O)[nH]1. The molecule has 17 nitrogen and oxygen atoms in total. The molecular weight excluding hydrogens is 1020 g/mol. The van der Waals surface area contributed by atoms with Gasteiger partial charge in [0.1, 0.15) is 18.7 Å². The summed E-state index contributed by atoms with van der Waals surface area (Å²) >= 11 is 1.58. The van der Waals surface area contributed by atoms with E-state index in [2.05, 4.69) is 82.9 Å². The molecule has 3 fully saturated rings. The van der Waals surface area contributed by atoms with Crippen LogP contribution in [-0.2, 0) is 43.5 Å². The van der Waals surface area contributed by atoms with Gasteiger partial charge in [0.25, 0.3) is 11.5 Å². The topological polar surface area (TPSA) is 203 Å². The molecule has 0 bridgehead atoms. The molecule has 0 radical (unpaired) electrons. The fourth-order valence-corrected chi connectivity index (χ4v) is 12.1. The Kier molecular flexibility index (Phi) is 18.6. The normalized spacial score (nSPS) is 17.8. The van der Waals surface area contributed by atoms with Gasteiger partial charge in [-0.25, -0.2) is 4.98 Å². The molecule has 6 aromatic rings. The highest BCUT2D eigenvalue weighted by atomic mass is 32.1. The Morgan fingerprint density at radius 3 is 2.22 bits per heavy atom. The number of thiazole rings is 1. The third-order valence-electron chi connectivity index (χ3n) is 15.7. The van der Waals surface area contributed by atoms with Gasteiger partial charge >= 0.3 is 0 Å². The first-order valence-electron chi connectivity index (χ1n) is 27.9. The number of aromatic nitrogens is 3. The molecular formula is C61H77N9O8S. The smallest absolute Gasteiger partial charge is 0.253 e. The van der Waals surface area contributed by atoms with Crippen molar-refractivity contribution in [1.29, 1.82) is 0 Å². The largest absolute Gasteiger partial charge is 0.391 e. The molecule has 1 saturated carbocycles. The molecule has 2 aliphatic heterocycles. The number of ether oxygens (including phenoxy) is 2. The third-order valence-corrected chi connectivity index (χ3v) is 16.7. The van der Waals surface area contributed by atoms with Crippen LogP contribution in [-0.4, -0.2) is 142 Å². The van der Waals surface area contributed by atoms with Crippen LogP contribution in [0.1, 0.15) is 103 Å². The number of hydrogen-bond acceptors (Lipinski definition) is 12. The molecule has 1 unspecified atom stereocenters. The lowest BCUT2D eigenvalue weighted by Crippen LogP contribution is -2.58. The highest BCUT2D eigenvalue weighted by Crippen LogP contribution is 2.36. The number of piperazine rings is 1. The van der Waals surface area contributed by atoms with Gasteiger partial charge < -0.3 is 45.0 Å². The predicted molar refractivity (Wildman–Crippen MR) is 308 cm³/mol. The molecule has 18 heteroatoms. The predicted octanol–water partition coefficient (Wildman–Crippen LogP) is 7.05. The Balaban J connectivity index is 0.689. The molecule has 3 aliphatic rings. The Labute approximate surface area is 467 Å². The Bertz CT molecular complexity index is 3150. The number of aliphatic hydroxyl groups excluding tert-OH is 1. The van der Waals surface area contributed by atoms with Gasteiger partial charge in [0.2, 0.25) is 17.7 Å². The first-order chi connectivity index (χ1) is 38.0. The minimum atomic E-state index is -0.955. The van der Waals surface area contributed by atoms with E-state index in [9.17, 15) is 29.1 Å². The number of carbonyl (C=O) groups excluding carboxylic acids is 4. The molecule has 2 saturated heterocycles. The highest BCUT2D eigenvalue weighted by molar-refractivity contribution is 7.13. The van der Waals surface area contributed by atoms with E-state index < -0.39 is 35.4 Å². The standard InChI is InChI=1S/C61H77N9O8S/c1-39-29-40(2)65-58(74)51(39)34-63-57(73)50-30-46(31-52-49(50)19-20-69(52)47-9-7-8-10-47)44-15-13-43(14-16-44)35-68-23-21-67(22-24-68)25-26-77-27-28-78-37-54(72)66-56(61(4,5)6)60(76)70-36-48(71)32-53(70)59(75)62-33-42-11-17-45(18-12-42)55-41(3)64-38-79-55/h11-20,29-31,38,47-48,53,56,71H,7-10,21-28,32-37H2,1-6H3,(H,62,75)(H,63,73)(H,65,74)(H,66,72)/t48-,53+,56?/m1/s1. The number of β-amino-alcohol motifs (C(OH)–C–C–N with tert-alkyl or cyclic N) is 1. The van der Waals surface area contributed by atoms with Gasteiger partial charge in [-0.1, -0.05) is 82.1 Å². The van der Waals surface area contributed by atoms with Crippen LogP contribution in [0.15, 0.2) is 89.3 Å². The number of pyridine rings is 1. The van der Waals surface area contributed by atoms with Crippen molar-refractivity contribution in [2.45, 2.75) is 118 Å². The van der Waals surface area contributed by atoms with Crippen molar-refractivity contribution in [1.82, 2.24) is 45.2 Å². The van der Waals surface area contributed by atoms with Crippen LogP contribution in [0.3, 0.4) is 0 Å². The average molecular weight is 1100 g/mol. The van der Waals surface area contributed by atoms with Crippen LogP contribution >= 0.6 is 11.3 Å². The quantitative estimate of drug-likeness (QED) is 0.0463. The Morgan fingerprint density at radius 2 is 1.52 bits per heavy atom. The van der Waals surface area contributed by atoms with Gasteiger partial charge in [-0.05, 0) is 96.7 Å². The van der Waals surface area contributed by atoms with E-state index in [1.54, 1.807) is 11.3 Å². The van der Waals surface area contributed by atoms with Crippen LogP contribution in [0.5, 0.6) is 0 Å². The van der Waals surface area contributed by atoms with Gasteiger partial charge in [-0.15, -0.1) is 11.3 Å². The number of carbonyl (C=O) groups is 4. The summed E-state index contributed by atoms with van der Waals surface area (Å²) < 4.78 is 13.9. The summed E-state index contributed by atoms with van der Waals surface area (Å²) in [4.78, 5) is 81.9. The minimum absolute atomic E-state index is 0.00881. The summed E-state index contributed by atoms with van der Waals surface area (Å²) in [6.45, 7) is 17.8. The number of benzene rings is 3. The molecule has 79 heavy (non-hydrogen) atoms. The molecule has 3 aromatic carbocycles. The van der Waals surface area contributed by atoms with Crippen LogP contribution in [0.4, 0.5) is 0 Å². The number of nitrogens with zero attached hydrogens (tertiary/aromatic N) is 5. The zero-order chi connectivity index (χ0) is 55.8. The van der Waals surface area contributed by atoms with E-state index in [1.165, 1.54) is 23.3 Å². The molecule has 9 rings (SSSR count). The number of amides is 4. The van der Waals surface area contributed by atoms with Crippen LogP contribution < -0.4 is 21.5 Å². The highest BCUT2D eigenvalue weighted by Gasteiger charge is 2.44. The van der Waals surface area contributed by atoms with Crippen molar-refractivity contribution in [3.05, 3.63) is 134 Å². The second-order valence-corrected chi connectivity index (χ2v) is 23.5. The van der Waals surface area contributed by atoms with Crippen molar-refractivity contribution in [2.24, 2.45) is 5.41 Å². The lowest BCUT2D eigenvalue weighted by atomic mass is 9.85. The molecule has 5 N–H and O–H groups in total. The molecule has 5 heterocycles. The second-order valence-electron chi connectivity index (χ2n) is 22.7. The maximum atomic E-state index is 14.1. The van der Waals surface area contributed by atoms with E-state index in [0.717, 1.165) is 107 Å². The summed E-state index contributed by atoms with van der Waals surface area (Å²) in [5, 5.41) is 20.4. The number of H-pyrrole nitrogens is 1. The van der Waals surface area contributed by atoms with Crippen molar-refractivity contribution in [3.8, 4) is 21.6 Å². The summed E-state index contributed by atoms with van der Waals surface area (Å²) in [5.74, 6) is -1.45. The van der Waals surface area contributed by atoms with E-state index in [0.29, 0.717) is 30.4 Å². The number of likely N-dealkylation sites (tertiary alicyclic amines) is 1. The summed E-state index contributed by atoms with van der Waals surface area (Å²) in [5.41, 5.74) is 11.0. The summed E-state index contributed by atoms with van der Waals surface area (Å²) in [7, 11) is 0. The number of aryl methyl sites for hydroxylation is 3. The number of hydrogen-bond donors (Lipinski definition) is 5. The third kappa shape index (κ3) is 14.3. The van der Waals surface area contributed by atoms with E-state index >= 15 is 0 Å². The van der Waals surface area contributed by atoms with Gasteiger partial charge in [-0.2, -0.15) is 0 Å². The molecule has 420 valence electrons. The van der Waals surface area contributed by atoms with Crippen LogP contribution in [0.2, 0.25) is 0 Å². The summed E-state index contributed by atoms with van der Waals surface area (Å²) in [6, 6.07) is 23.3. The average Bonchev–Trinajstić information content (AvgIpc) is 4.42. The van der Waals surface area contributed by atoms with Crippen LogP contribution in [0, 0.1) is 26.2 Å². The Morgan fingerprint density at radius 1 is 0.823 bits per heavy atom. The fourth-order valence-electron chi connectivity index (χ4n) is 11.3. The van der Waals surface area contributed by atoms with Crippen molar-refractivity contribution in [3.63, 3.8) is 0 Å². The maximum Gasteiger partial charge on any atom is 0.253 e. The van der Waals surface area contributed by atoms with Gasteiger partial charge in [0.05, 0.1) is 42.0 Å². The molecule has 4 amide bonds. The number of nitrogens with one attached hydrogen (secondary N) is 4. The molecule has 3 aromatic heterocycles. The van der Waals surface area contributed by atoms with E-state index in [-0.39, 0.29) is 56.6 Å². The first-order valence-corrected chi connectivity index (χ1v) is 28.7. The van der Waals surface area contributed by atoms with E-state index in [1.807, 2.05) is 83.5 Å². The number of fused-ring (bicyclic) bond motifs is 1. The van der Waals surface area contributed by atoms with Crippen molar-refractivity contribution < 1.29 is 33.8 Å². The number of aliphatic hydroxyl groups is 1.